The number of carbonyl (C=O) groups is 1. The Bertz CT molecular complexity index is 453. The molecule has 1 heterocycles. The van der Waals surface area contributed by atoms with Crippen molar-refractivity contribution < 1.29 is 9.18 Å². The van der Waals surface area contributed by atoms with Crippen molar-refractivity contribution >= 4 is 27.5 Å². The number of nitrogens with zero attached hydrogens (tertiary/aromatic N) is 1. The van der Waals surface area contributed by atoms with Gasteiger partial charge in [-0.2, -0.15) is 0 Å². The molecule has 1 aromatic rings. The van der Waals surface area contributed by atoms with Crippen LogP contribution in [-0.2, 0) is 4.79 Å². The van der Waals surface area contributed by atoms with Gasteiger partial charge in [-0.05, 0) is 53.5 Å². The van der Waals surface area contributed by atoms with Crippen molar-refractivity contribution in [3.05, 3.63) is 28.5 Å². The van der Waals surface area contributed by atoms with Crippen molar-refractivity contribution in [3.8, 4) is 0 Å². The van der Waals surface area contributed by atoms with Gasteiger partial charge in [0.15, 0.2) is 0 Å². The van der Waals surface area contributed by atoms with Crippen molar-refractivity contribution in [1.29, 1.82) is 0 Å². The van der Waals surface area contributed by atoms with Gasteiger partial charge in [-0.1, -0.05) is 6.92 Å². The van der Waals surface area contributed by atoms with Crippen LogP contribution < -0.4 is 10.2 Å². The minimum absolute atomic E-state index is 0.0326. The third-order valence-corrected chi connectivity index (χ3v) is 3.70. The lowest BCUT2D eigenvalue weighted by Crippen LogP contribution is -2.38. The Balaban J connectivity index is 2.10. The number of anilines is 1. The van der Waals surface area contributed by atoms with Gasteiger partial charge in [-0.3, -0.25) is 4.79 Å². The lowest BCUT2D eigenvalue weighted by molar-refractivity contribution is -0.118. The second kappa shape index (κ2) is 5.80. The molecule has 1 N–H and O–H groups in total. The summed E-state index contributed by atoms with van der Waals surface area (Å²) in [6.07, 6.45) is 1.77. The standard InChI is InChI=1S/C13H16BrFN2O/c1-2-6-16-12-5-7-17(13(12)18)9-3-4-10(14)11(15)8-9/h3-4,8,12,16H,2,5-7H2,1H3. The fourth-order valence-electron chi connectivity index (χ4n) is 2.10. The Hall–Kier alpha value is -0.940. The maximum Gasteiger partial charge on any atom is 0.244 e. The third kappa shape index (κ3) is 2.72. The Morgan fingerprint density at radius 2 is 2.33 bits per heavy atom. The van der Waals surface area contributed by atoms with Crippen molar-refractivity contribution in [2.75, 3.05) is 18.0 Å². The van der Waals surface area contributed by atoms with E-state index in [1.165, 1.54) is 6.07 Å². The molecule has 18 heavy (non-hydrogen) atoms. The minimum atomic E-state index is -0.342. The first kappa shape index (κ1) is 13.5. The molecule has 98 valence electrons. The molecule has 1 aliphatic rings. The molecule has 2 rings (SSSR count). The zero-order valence-electron chi connectivity index (χ0n) is 10.2. The summed E-state index contributed by atoms with van der Waals surface area (Å²) in [4.78, 5) is 13.8. The van der Waals surface area contributed by atoms with E-state index in [4.69, 9.17) is 0 Å². The van der Waals surface area contributed by atoms with Crippen LogP contribution in [0.1, 0.15) is 19.8 Å². The fourth-order valence-corrected chi connectivity index (χ4v) is 2.34. The second-order valence-corrected chi connectivity index (χ2v) is 5.24. The molecular weight excluding hydrogens is 299 g/mol. The molecule has 1 unspecified atom stereocenters. The van der Waals surface area contributed by atoms with Gasteiger partial charge in [-0.25, -0.2) is 4.39 Å². The van der Waals surface area contributed by atoms with Crippen LogP contribution in [0.2, 0.25) is 0 Å². The molecule has 1 saturated heterocycles. The summed E-state index contributed by atoms with van der Waals surface area (Å²) in [5.74, 6) is -0.310. The van der Waals surface area contributed by atoms with E-state index in [0.717, 1.165) is 19.4 Å². The summed E-state index contributed by atoms with van der Waals surface area (Å²) in [7, 11) is 0. The maximum atomic E-state index is 13.5. The number of hydrogen-bond acceptors (Lipinski definition) is 2. The van der Waals surface area contributed by atoms with Crippen molar-refractivity contribution in [2.45, 2.75) is 25.8 Å². The molecule has 0 bridgehead atoms. The summed E-state index contributed by atoms with van der Waals surface area (Å²) >= 11 is 3.11. The molecule has 1 aromatic carbocycles. The zero-order valence-corrected chi connectivity index (χ0v) is 11.8. The highest BCUT2D eigenvalue weighted by Gasteiger charge is 2.32. The zero-order chi connectivity index (χ0) is 13.1. The minimum Gasteiger partial charge on any atom is -0.311 e. The maximum absolute atomic E-state index is 13.5. The van der Waals surface area contributed by atoms with E-state index in [2.05, 4.69) is 28.2 Å². The molecule has 5 heteroatoms. The number of benzene rings is 1. The highest BCUT2D eigenvalue weighted by atomic mass is 79.9. The Kier molecular flexibility index (Phi) is 4.35. The summed E-state index contributed by atoms with van der Waals surface area (Å²) in [5.41, 5.74) is 0.626. The predicted molar refractivity (Wildman–Crippen MR) is 73.2 cm³/mol. The first-order valence-electron chi connectivity index (χ1n) is 6.13. The molecule has 0 saturated carbocycles. The Morgan fingerprint density at radius 3 is 3.00 bits per heavy atom. The molecule has 0 radical (unpaired) electrons. The number of rotatable bonds is 4. The summed E-state index contributed by atoms with van der Waals surface area (Å²) < 4.78 is 13.9. The molecule has 1 amide bonds. The van der Waals surface area contributed by atoms with Gasteiger partial charge in [0.05, 0.1) is 10.5 Å². The van der Waals surface area contributed by atoms with Crippen LogP contribution in [-0.4, -0.2) is 25.0 Å². The highest BCUT2D eigenvalue weighted by Crippen LogP contribution is 2.25. The van der Waals surface area contributed by atoms with Gasteiger partial charge < -0.3 is 10.2 Å². The van der Waals surface area contributed by atoms with Crippen LogP contribution in [0.25, 0.3) is 0 Å². The average Bonchev–Trinajstić information content (AvgIpc) is 2.72. The SMILES string of the molecule is CCCNC1CCN(c2ccc(Br)c(F)c2)C1=O. The van der Waals surface area contributed by atoms with Gasteiger partial charge in [0.25, 0.3) is 0 Å². The number of hydrogen-bond donors (Lipinski definition) is 1. The Morgan fingerprint density at radius 1 is 1.56 bits per heavy atom. The van der Waals surface area contributed by atoms with Crippen molar-refractivity contribution in [1.82, 2.24) is 5.32 Å². The van der Waals surface area contributed by atoms with Crippen molar-refractivity contribution in [2.24, 2.45) is 0 Å². The fraction of sp³-hybridized carbons (Fsp3) is 0.462. The smallest absolute Gasteiger partial charge is 0.244 e. The number of halogens is 2. The lowest BCUT2D eigenvalue weighted by Gasteiger charge is -2.17. The number of carbonyl (C=O) groups excluding carboxylic acids is 1. The topological polar surface area (TPSA) is 32.3 Å². The molecule has 3 nitrogen and oxygen atoms in total. The first-order chi connectivity index (χ1) is 8.63. The Labute approximate surface area is 114 Å². The van der Waals surface area contributed by atoms with Gasteiger partial charge in [0.2, 0.25) is 5.91 Å². The quantitative estimate of drug-likeness (QED) is 0.926. The van der Waals surface area contributed by atoms with Crippen LogP contribution in [0.4, 0.5) is 10.1 Å². The third-order valence-electron chi connectivity index (χ3n) is 3.06. The monoisotopic (exact) mass is 314 g/mol. The molecule has 0 aromatic heterocycles. The van der Waals surface area contributed by atoms with E-state index in [-0.39, 0.29) is 17.8 Å². The first-order valence-corrected chi connectivity index (χ1v) is 6.92. The number of amides is 1. The largest absolute Gasteiger partial charge is 0.311 e. The highest BCUT2D eigenvalue weighted by molar-refractivity contribution is 9.10. The van der Waals surface area contributed by atoms with E-state index in [1.54, 1.807) is 17.0 Å². The second-order valence-electron chi connectivity index (χ2n) is 4.38. The van der Waals surface area contributed by atoms with Crippen molar-refractivity contribution in [3.63, 3.8) is 0 Å². The average molecular weight is 315 g/mol. The molecule has 1 aliphatic heterocycles. The molecule has 1 atom stereocenters. The lowest BCUT2D eigenvalue weighted by atomic mass is 10.2. The van der Waals surface area contributed by atoms with Crippen LogP contribution in [0.5, 0.6) is 0 Å². The molecule has 0 aliphatic carbocycles. The summed E-state index contributed by atoms with van der Waals surface area (Å²) in [6, 6.07) is 4.65. The normalized spacial score (nSPS) is 19.6. The molecule has 0 spiro atoms. The van der Waals surface area contributed by atoms with Crippen LogP contribution in [0, 0.1) is 5.82 Å². The number of nitrogens with one attached hydrogen (secondary N) is 1. The van der Waals surface area contributed by atoms with Gasteiger partial charge in [0, 0.05) is 12.2 Å². The summed E-state index contributed by atoms with van der Waals surface area (Å²) in [6.45, 7) is 3.54. The predicted octanol–water partition coefficient (Wildman–Crippen LogP) is 2.69. The van der Waals surface area contributed by atoms with E-state index < -0.39 is 0 Å². The van der Waals surface area contributed by atoms with Gasteiger partial charge in [0.1, 0.15) is 5.82 Å². The van der Waals surface area contributed by atoms with Gasteiger partial charge >= 0.3 is 0 Å². The van der Waals surface area contributed by atoms with E-state index >= 15 is 0 Å². The van der Waals surface area contributed by atoms with Crippen LogP contribution >= 0.6 is 15.9 Å². The van der Waals surface area contributed by atoms with Crippen LogP contribution in [0.15, 0.2) is 22.7 Å². The van der Waals surface area contributed by atoms with Crippen LogP contribution in [0.3, 0.4) is 0 Å². The van der Waals surface area contributed by atoms with E-state index in [0.29, 0.717) is 16.7 Å². The van der Waals surface area contributed by atoms with E-state index in [1.807, 2.05) is 0 Å². The summed E-state index contributed by atoms with van der Waals surface area (Å²) in [5, 5.41) is 3.21. The van der Waals surface area contributed by atoms with Gasteiger partial charge in [-0.15, -0.1) is 0 Å². The molecular formula is C13H16BrFN2O. The molecule has 1 fully saturated rings. The van der Waals surface area contributed by atoms with E-state index in [9.17, 15) is 9.18 Å².